The van der Waals surface area contributed by atoms with Crippen molar-refractivity contribution in [1.29, 1.82) is 0 Å². The highest BCUT2D eigenvalue weighted by molar-refractivity contribution is 5.83. The predicted molar refractivity (Wildman–Crippen MR) is 78.2 cm³/mol. The number of rotatable bonds is 4. The van der Waals surface area contributed by atoms with E-state index in [-0.39, 0.29) is 17.2 Å². The van der Waals surface area contributed by atoms with E-state index < -0.39 is 5.60 Å². The molecule has 0 aromatic carbocycles. The van der Waals surface area contributed by atoms with Gasteiger partial charge in [0.25, 0.3) is 0 Å². The minimum Gasteiger partial charge on any atom is -0.388 e. The van der Waals surface area contributed by atoms with E-state index in [0.717, 1.165) is 0 Å². The number of hydrogen-bond donors (Lipinski definition) is 2. The maximum Gasteiger partial charge on any atom is 0.224 e. The Hall–Kier alpha value is -0.870. The standard InChI is InChI=1S/C16H27NO3/c1-11(2)9-12-13(15(12,3)4)14(18)17-10-16(19)5-7-20-8-6-16/h9,12-13,19H,5-8,10H2,1-4H3,(H,17,18). The van der Waals surface area contributed by atoms with Gasteiger partial charge in [0.05, 0.1) is 11.5 Å². The Labute approximate surface area is 121 Å². The summed E-state index contributed by atoms with van der Waals surface area (Å²) < 4.78 is 5.24. The summed E-state index contributed by atoms with van der Waals surface area (Å²) in [6.07, 6.45) is 3.38. The maximum atomic E-state index is 12.3. The molecular weight excluding hydrogens is 254 g/mol. The fraction of sp³-hybridized carbons (Fsp3) is 0.812. The van der Waals surface area contributed by atoms with E-state index in [4.69, 9.17) is 4.74 Å². The van der Waals surface area contributed by atoms with Crippen molar-refractivity contribution in [1.82, 2.24) is 5.32 Å². The molecule has 2 fully saturated rings. The van der Waals surface area contributed by atoms with Crippen LogP contribution in [0.3, 0.4) is 0 Å². The zero-order chi connectivity index (χ0) is 15.0. The van der Waals surface area contributed by atoms with Gasteiger partial charge in [-0.15, -0.1) is 0 Å². The van der Waals surface area contributed by atoms with Crippen LogP contribution in [0, 0.1) is 17.3 Å². The lowest BCUT2D eigenvalue weighted by atomic mass is 9.94. The topological polar surface area (TPSA) is 58.6 Å². The SMILES string of the molecule is CC(C)=CC1C(C(=O)NCC2(O)CCOCC2)C1(C)C. The number of hydrogen-bond acceptors (Lipinski definition) is 3. The number of carbonyl (C=O) groups excluding carboxylic acids is 1. The second-order valence-corrected chi connectivity index (χ2v) is 7.12. The maximum absolute atomic E-state index is 12.3. The molecule has 0 aromatic heterocycles. The van der Waals surface area contributed by atoms with E-state index in [1.165, 1.54) is 5.57 Å². The molecule has 114 valence electrons. The average Bonchev–Trinajstić information content (AvgIpc) is 2.88. The number of ether oxygens (including phenoxy) is 1. The first kappa shape index (κ1) is 15.5. The van der Waals surface area contributed by atoms with Gasteiger partial charge in [0.1, 0.15) is 0 Å². The number of nitrogens with one attached hydrogen (secondary N) is 1. The fourth-order valence-electron chi connectivity index (χ4n) is 3.14. The Morgan fingerprint density at radius 2 is 1.95 bits per heavy atom. The third-order valence-electron chi connectivity index (χ3n) is 4.72. The molecule has 4 nitrogen and oxygen atoms in total. The van der Waals surface area contributed by atoms with Gasteiger partial charge >= 0.3 is 0 Å². The van der Waals surface area contributed by atoms with Crippen molar-refractivity contribution in [3.63, 3.8) is 0 Å². The van der Waals surface area contributed by atoms with Gasteiger partial charge in [0.15, 0.2) is 0 Å². The number of aliphatic hydroxyl groups is 1. The van der Waals surface area contributed by atoms with E-state index in [1.807, 2.05) is 0 Å². The zero-order valence-electron chi connectivity index (χ0n) is 13.0. The van der Waals surface area contributed by atoms with Crippen LogP contribution in [0.1, 0.15) is 40.5 Å². The van der Waals surface area contributed by atoms with Gasteiger partial charge in [-0.25, -0.2) is 0 Å². The molecular formula is C16H27NO3. The number of allylic oxidation sites excluding steroid dienone is 2. The van der Waals surface area contributed by atoms with Gasteiger partial charge in [-0.05, 0) is 25.2 Å². The number of carbonyl (C=O) groups is 1. The molecule has 2 aliphatic rings. The molecule has 2 rings (SSSR count). The molecule has 4 heteroatoms. The van der Waals surface area contributed by atoms with Gasteiger partial charge in [-0.3, -0.25) is 4.79 Å². The minimum atomic E-state index is -0.793. The molecule has 1 amide bonds. The smallest absolute Gasteiger partial charge is 0.224 e. The summed E-state index contributed by atoms with van der Waals surface area (Å²) in [6.45, 7) is 9.87. The molecule has 0 aromatic rings. The third kappa shape index (κ3) is 3.23. The Bertz CT molecular complexity index is 404. The van der Waals surface area contributed by atoms with E-state index in [9.17, 15) is 9.90 Å². The normalized spacial score (nSPS) is 30.4. The van der Waals surface area contributed by atoms with Crippen molar-refractivity contribution in [2.45, 2.75) is 46.1 Å². The van der Waals surface area contributed by atoms with Crippen molar-refractivity contribution >= 4 is 5.91 Å². The summed E-state index contributed by atoms with van der Waals surface area (Å²) in [6, 6.07) is 0. The van der Waals surface area contributed by atoms with Gasteiger partial charge < -0.3 is 15.2 Å². The summed E-state index contributed by atoms with van der Waals surface area (Å²) in [5, 5.41) is 13.3. The summed E-state index contributed by atoms with van der Waals surface area (Å²) in [4.78, 5) is 12.3. The van der Waals surface area contributed by atoms with Gasteiger partial charge in [0, 0.05) is 32.6 Å². The highest BCUT2D eigenvalue weighted by atomic mass is 16.5. The summed E-state index contributed by atoms with van der Waals surface area (Å²) in [5.74, 6) is 0.412. The monoisotopic (exact) mass is 281 g/mol. The van der Waals surface area contributed by atoms with Crippen molar-refractivity contribution in [3.8, 4) is 0 Å². The van der Waals surface area contributed by atoms with Gasteiger partial charge in [-0.1, -0.05) is 25.5 Å². The third-order valence-corrected chi connectivity index (χ3v) is 4.72. The Morgan fingerprint density at radius 3 is 2.50 bits per heavy atom. The highest BCUT2D eigenvalue weighted by Crippen LogP contribution is 2.59. The van der Waals surface area contributed by atoms with Crippen LogP contribution < -0.4 is 5.32 Å². The van der Waals surface area contributed by atoms with Crippen LogP contribution in [0.25, 0.3) is 0 Å². The van der Waals surface area contributed by atoms with Crippen LogP contribution in [-0.4, -0.2) is 36.4 Å². The van der Waals surface area contributed by atoms with Crippen LogP contribution >= 0.6 is 0 Å². The summed E-state index contributed by atoms with van der Waals surface area (Å²) in [5.41, 5.74) is 0.486. The molecule has 2 atom stereocenters. The van der Waals surface area contributed by atoms with Crippen molar-refractivity contribution in [2.75, 3.05) is 19.8 Å². The van der Waals surface area contributed by atoms with Crippen LogP contribution in [0.4, 0.5) is 0 Å². The molecule has 1 aliphatic heterocycles. The van der Waals surface area contributed by atoms with E-state index in [2.05, 4.69) is 39.1 Å². The molecule has 2 unspecified atom stereocenters. The van der Waals surface area contributed by atoms with Crippen LogP contribution in [0.2, 0.25) is 0 Å². The Balaban J connectivity index is 1.88. The zero-order valence-corrected chi connectivity index (χ0v) is 13.0. The Morgan fingerprint density at radius 1 is 1.35 bits per heavy atom. The molecule has 0 radical (unpaired) electrons. The molecule has 1 heterocycles. The molecule has 2 N–H and O–H groups in total. The van der Waals surface area contributed by atoms with E-state index >= 15 is 0 Å². The first-order valence-corrected chi connectivity index (χ1v) is 7.49. The molecule has 0 spiro atoms. The minimum absolute atomic E-state index is 0.0274. The number of amides is 1. The van der Waals surface area contributed by atoms with Crippen LogP contribution in [-0.2, 0) is 9.53 Å². The molecule has 0 bridgehead atoms. The van der Waals surface area contributed by atoms with Crippen molar-refractivity contribution < 1.29 is 14.6 Å². The lowest BCUT2D eigenvalue weighted by Crippen LogP contribution is -2.47. The first-order valence-electron chi connectivity index (χ1n) is 7.49. The van der Waals surface area contributed by atoms with Crippen molar-refractivity contribution in [3.05, 3.63) is 11.6 Å². The average molecular weight is 281 g/mol. The van der Waals surface area contributed by atoms with Crippen molar-refractivity contribution in [2.24, 2.45) is 17.3 Å². The van der Waals surface area contributed by atoms with Gasteiger partial charge in [-0.2, -0.15) is 0 Å². The lowest BCUT2D eigenvalue weighted by molar-refractivity contribution is -0.125. The van der Waals surface area contributed by atoms with Crippen LogP contribution in [0.5, 0.6) is 0 Å². The second-order valence-electron chi connectivity index (χ2n) is 7.12. The fourth-order valence-corrected chi connectivity index (χ4v) is 3.14. The highest BCUT2D eigenvalue weighted by Gasteiger charge is 2.60. The first-order chi connectivity index (χ1) is 9.26. The predicted octanol–water partition coefficient (Wildman–Crippen LogP) is 1.88. The molecule has 20 heavy (non-hydrogen) atoms. The second kappa shape index (κ2) is 5.49. The Kier molecular flexibility index (Phi) is 4.26. The van der Waals surface area contributed by atoms with Crippen LogP contribution in [0.15, 0.2) is 11.6 Å². The quantitative estimate of drug-likeness (QED) is 0.774. The van der Waals surface area contributed by atoms with E-state index in [1.54, 1.807) is 0 Å². The molecule has 1 saturated carbocycles. The molecule has 1 saturated heterocycles. The summed E-state index contributed by atoms with van der Waals surface area (Å²) >= 11 is 0. The van der Waals surface area contributed by atoms with E-state index in [0.29, 0.717) is 38.5 Å². The lowest BCUT2D eigenvalue weighted by Gasteiger charge is -2.32. The largest absolute Gasteiger partial charge is 0.388 e. The molecule has 1 aliphatic carbocycles. The summed E-state index contributed by atoms with van der Waals surface area (Å²) in [7, 11) is 0. The van der Waals surface area contributed by atoms with Gasteiger partial charge in [0.2, 0.25) is 5.91 Å².